The van der Waals surface area contributed by atoms with Crippen LogP contribution in [0.4, 0.5) is 0 Å². The van der Waals surface area contributed by atoms with E-state index in [0.717, 1.165) is 83.5 Å². The SMILES string of the molecule is CC\C=C/C=C\C=C/C=C\C=C/CCCC(=O)OCC(COC(=O)CC/C=C\C/C=C\C/C=C\C/C=C\C/C=C\C/C=C\CC)OC(=O)CC/C=C\C/C=C\C/C=C\C/C=C\C/C=C\C/C=C\CC. The molecule has 0 fully saturated rings. The van der Waals surface area contributed by atoms with E-state index in [4.69, 9.17) is 14.2 Å². The zero-order valence-corrected chi connectivity index (χ0v) is 42.7. The van der Waals surface area contributed by atoms with Gasteiger partial charge in [0.25, 0.3) is 0 Å². The number of esters is 3. The van der Waals surface area contributed by atoms with Crippen LogP contribution in [0.1, 0.15) is 149 Å². The van der Waals surface area contributed by atoms with Gasteiger partial charge in [-0.15, -0.1) is 0 Å². The Balaban J connectivity index is 4.76. The molecule has 0 heterocycles. The molecule has 0 radical (unpaired) electrons. The van der Waals surface area contributed by atoms with Crippen LogP contribution in [0.3, 0.4) is 0 Å². The second kappa shape index (κ2) is 54.6. The van der Waals surface area contributed by atoms with Gasteiger partial charge in [-0.3, -0.25) is 14.4 Å². The Kier molecular flexibility index (Phi) is 49.8. The molecular weight excluding hydrogens is 853 g/mol. The van der Waals surface area contributed by atoms with Crippen LogP contribution in [0.2, 0.25) is 0 Å². The molecule has 376 valence electrons. The first kappa shape index (κ1) is 63.0. The Morgan fingerprint density at radius 3 is 0.957 bits per heavy atom. The van der Waals surface area contributed by atoms with Gasteiger partial charge in [0, 0.05) is 19.3 Å². The Morgan fingerprint density at radius 2 is 0.594 bits per heavy atom. The minimum atomic E-state index is -0.892. The third-order valence-corrected chi connectivity index (χ3v) is 9.42. The van der Waals surface area contributed by atoms with E-state index in [0.29, 0.717) is 25.7 Å². The zero-order chi connectivity index (χ0) is 50.0. The van der Waals surface area contributed by atoms with E-state index >= 15 is 0 Å². The number of carbonyl (C=O) groups excluding carboxylic acids is 3. The summed E-state index contributed by atoms with van der Waals surface area (Å²) in [4.78, 5) is 37.9. The molecule has 0 rings (SSSR count). The van der Waals surface area contributed by atoms with Crippen LogP contribution in [-0.4, -0.2) is 37.2 Å². The van der Waals surface area contributed by atoms with Crippen LogP contribution in [0.15, 0.2) is 207 Å². The van der Waals surface area contributed by atoms with Crippen molar-refractivity contribution in [3.8, 4) is 0 Å². The largest absolute Gasteiger partial charge is 0.462 e. The fraction of sp³-hybridized carbons (Fsp3) is 0.413. The highest BCUT2D eigenvalue weighted by molar-refractivity contribution is 5.71. The number of ether oxygens (including phenoxy) is 3. The fourth-order valence-electron chi connectivity index (χ4n) is 5.70. The number of hydrogen-bond acceptors (Lipinski definition) is 6. The summed E-state index contributed by atoms with van der Waals surface area (Å²) in [6.45, 7) is 6.02. The average Bonchev–Trinajstić information content (AvgIpc) is 3.35. The predicted molar refractivity (Wildman–Crippen MR) is 297 cm³/mol. The van der Waals surface area contributed by atoms with Gasteiger partial charge in [-0.2, -0.15) is 0 Å². The molecule has 0 aliphatic heterocycles. The minimum absolute atomic E-state index is 0.160. The second-order valence-corrected chi connectivity index (χ2v) is 15.7. The van der Waals surface area contributed by atoms with Crippen LogP contribution in [0.5, 0.6) is 0 Å². The van der Waals surface area contributed by atoms with E-state index in [1.807, 2.05) is 79.0 Å². The van der Waals surface area contributed by atoms with Crippen molar-refractivity contribution in [2.45, 2.75) is 155 Å². The van der Waals surface area contributed by atoms with Gasteiger partial charge in [-0.1, -0.05) is 227 Å². The van der Waals surface area contributed by atoms with Gasteiger partial charge in [0.2, 0.25) is 0 Å². The molecule has 0 aliphatic carbocycles. The van der Waals surface area contributed by atoms with E-state index in [1.54, 1.807) is 0 Å². The third-order valence-electron chi connectivity index (χ3n) is 9.42. The summed E-state index contributed by atoms with van der Waals surface area (Å²) in [5.74, 6) is -1.24. The van der Waals surface area contributed by atoms with E-state index < -0.39 is 24.0 Å². The van der Waals surface area contributed by atoms with Gasteiger partial charge >= 0.3 is 17.9 Å². The van der Waals surface area contributed by atoms with Crippen LogP contribution >= 0.6 is 0 Å². The Bertz CT molecular complexity index is 1790. The third kappa shape index (κ3) is 52.8. The van der Waals surface area contributed by atoms with Crippen LogP contribution in [0.25, 0.3) is 0 Å². The van der Waals surface area contributed by atoms with E-state index in [-0.39, 0.29) is 32.5 Å². The number of hydrogen-bond donors (Lipinski definition) is 0. The van der Waals surface area contributed by atoms with Gasteiger partial charge in [0.1, 0.15) is 13.2 Å². The van der Waals surface area contributed by atoms with Crippen molar-refractivity contribution in [2.24, 2.45) is 0 Å². The van der Waals surface area contributed by atoms with Crippen LogP contribution < -0.4 is 0 Å². The van der Waals surface area contributed by atoms with Crippen molar-refractivity contribution in [1.29, 1.82) is 0 Å². The molecule has 0 amide bonds. The highest BCUT2D eigenvalue weighted by Crippen LogP contribution is 2.07. The number of rotatable bonds is 42. The minimum Gasteiger partial charge on any atom is -0.462 e. The topological polar surface area (TPSA) is 78.9 Å². The molecule has 6 nitrogen and oxygen atoms in total. The molecule has 0 spiro atoms. The van der Waals surface area contributed by atoms with Crippen molar-refractivity contribution in [3.63, 3.8) is 0 Å². The zero-order valence-electron chi connectivity index (χ0n) is 42.7. The molecule has 0 bridgehead atoms. The smallest absolute Gasteiger partial charge is 0.306 e. The van der Waals surface area contributed by atoms with Crippen LogP contribution in [-0.2, 0) is 28.6 Å². The van der Waals surface area contributed by atoms with E-state index in [2.05, 4.69) is 148 Å². The Morgan fingerprint density at radius 1 is 0.304 bits per heavy atom. The van der Waals surface area contributed by atoms with Gasteiger partial charge in [0.05, 0.1) is 0 Å². The standard InChI is InChI=1S/C63H88O6/c1-4-7-10-13-16-19-22-25-27-29-31-33-35-38-41-44-47-50-53-56-62(65)68-59-60(58-67-61(64)55-52-49-46-43-40-37-24-21-18-15-12-9-6-3)69-63(66)57-54-51-48-45-42-39-36-34-32-30-28-26-23-20-17-14-11-8-5-2/h7-12,15-21,24-28,31-34,37-43,46-48,50-51,60H,4-6,13-14,22-23,29-30,35-36,44-45,49,52-59H2,1-3H3/b10-7-,11-8-,12-9-,18-15-,19-16-,20-17-,24-21-,27-25-,28-26-,33-31-,34-32-,40-37-,41-38-,42-39-,46-43-,50-47-,51-48-. The summed E-state index contributed by atoms with van der Waals surface area (Å²) in [7, 11) is 0. The quantitative estimate of drug-likeness (QED) is 0.0199. The lowest BCUT2D eigenvalue weighted by Gasteiger charge is -2.18. The Hall–Kier alpha value is -6.01. The number of carbonyl (C=O) groups is 3. The molecule has 1 unspecified atom stereocenters. The van der Waals surface area contributed by atoms with Gasteiger partial charge in [-0.05, 0) is 109 Å². The molecule has 0 N–H and O–H groups in total. The number of allylic oxidation sites excluding steroid dienone is 34. The first-order valence-corrected chi connectivity index (χ1v) is 25.7. The fourth-order valence-corrected chi connectivity index (χ4v) is 5.70. The average molecular weight is 941 g/mol. The highest BCUT2D eigenvalue weighted by Gasteiger charge is 2.19. The lowest BCUT2D eigenvalue weighted by Crippen LogP contribution is -2.30. The second-order valence-electron chi connectivity index (χ2n) is 15.7. The highest BCUT2D eigenvalue weighted by atomic mass is 16.6. The summed E-state index contributed by atoms with van der Waals surface area (Å²) < 4.78 is 16.6. The molecule has 0 aliphatic rings. The molecule has 0 aromatic carbocycles. The first-order valence-electron chi connectivity index (χ1n) is 25.7. The molecule has 69 heavy (non-hydrogen) atoms. The van der Waals surface area contributed by atoms with Crippen molar-refractivity contribution in [3.05, 3.63) is 207 Å². The number of unbranched alkanes of at least 4 members (excludes halogenated alkanes) is 1. The molecule has 6 heteroatoms. The maximum absolute atomic E-state index is 12.8. The van der Waals surface area contributed by atoms with Crippen molar-refractivity contribution >= 4 is 17.9 Å². The first-order chi connectivity index (χ1) is 34.0. The van der Waals surface area contributed by atoms with E-state index in [9.17, 15) is 14.4 Å². The summed E-state index contributed by atoms with van der Waals surface area (Å²) in [6.07, 6.45) is 85.6. The molecular formula is C63H88O6. The van der Waals surface area contributed by atoms with E-state index in [1.165, 1.54) is 0 Å². The molecule has 0 saturated carbocycles. The predicted octanol–water partition coefficient (Wildman–Crippen LogP) is 17.3. The lowest BCUT2D eigenvalue weighted by molar-refractivity contribution is -0.166. The Labute approximate surface area is 419 Å². The summed E-state index contributed by atoms with van der Waals surface area (Å²) >= 11 is 0. The normalized spacial score (nSPS) is 13.8. The lowest BCUT2D eigenvalue weighted by atomic mass is 10.2. The maximum atomic E-state index is 12.8. The molecule has 0 aromatic rings. The molecule has 0 saturated heterocycles. The van der Waals surface area contributed by atoms with Gasteiger partial charge in [0.15, 0.2) is 6.10 Å². The summed E-state index contributed by atoms with van der Waals surface area (Å²) in [6, 6.07) is 0. The summed E-state index contributed by atoms with van der Waals surface area (Å²) in [5.41, 5.74) is 0. The monoisotopic (exact) mass is 941 g/mol. The summed E-state index contributed by atoms with van der Waals surface area (Å²) in [5, 5.41) is 0. The maximum Gasteiger partial charge on any atom is 0.306 e. The van der Waals surface area contributed by atoms with Gasteiger partial charge in [-0.25, -0.2) is 0 Å². The van der Waals surface area contributed by atoms with Gasteiger partial charge < -0.3 is 14.2 Å². The van der Waals surface area contributed by atoms with Crippen molar-refractivity contribution in [1.82, 2.24) is 0 Å². The van der Waals surface area contributed by atoms with Crippen molar-refractivity contribution in [2.75, 3.05) is 13.2 Å². The molecule has 1 atom stereocenters. The van der Waals surface area contributed by atoms with Crippen molar-refractivity contribution < 1.29 is 28.6 Å². The molecule has 0 aromatic heterocycles. The van der Waals surface area contributed by atoms with Crippen LogP contribution in [0, 0.1) is 0 Å².